The molecule has 8 heteroatoms. The molecule has 0 atom stereocenters. The first-order valence-corrected chi connectivity index (χ1v) is 14.8. The molecule has 2 aromatic rings. The highest BCUT2D eigenvalue weighted by atomic mass is 16.6. The van der Waals surface area contributed by atoms with E-state index in [-0.39, 0.29) is 55.6 Å². The minimum Gasteiger partial charge on any atom is -0.507 e. The quantitative estimate of drug-likeness (QED) is 0.151. The molecule has 2 aromatic carbocycles. The fourth-order valence-electron chi connectivity index (χ4n) is 4.60. The summed E-state index contributed by atoms with van der Waals surface area (Å²) in [6, 6.07) is 7.99. The third-order valence-corrected chi connectivity index (χ3v) is 7.01. The Bertz CT molecular complexity index is 1100. The van der Waals surface area contributed by atoms with Gasteiger partial charge in [0.05, 0.1) is 26.4 Å². The Morgan fingerprint density at radius 1 is 0.667 bits per heavy atom. The lowest BCUT2D eigenvalue weighted by molar-refractivity contribution is -0.146. The highest BCUT2D eigenvalue weighted by Crippen LogP contribution is 2.34. The number of esters is 2. The van der Waals surface area contributed by atoms with Crippen LogP contribution in [0.4, 0.5) is 5.69 Å². The number of carbonyl (C=O) groups excluding carboxylic acids is 2. The topological polar surface area (TPSA) is 117 Å². The van der Waals surface area contributed by atoms with Crippen LogP contribution in [-0.4, -0.2) is 56.7 Å². The highest BCUT2D eigenvalue weighted by molar-refractivity contribution is 5.70. The molecule has 0 spiro atoms. The summed E-state index contributed by atoms with van der Waals surface area (Å²) in [5.41, 5.74) is 12.7. The van der Waals surface area contributed by atoms with Crippen molar-refractivity contribution in [2.24, 2.45) is 0 Å². The lowest BCUT2D eigenvalue weighted by Crippen LogP contribution is -2.16. The number of phenols is 1. The Hall–Kier alpha value is -3.10. The van der Waals surface area contributed by atoms with E-state index < -0.39 is 0 Å². The minimum absolute atomic E-state index is 0.0668. The van der Waals surface area contributed by atoms with Crippen molar-refractivity contribution < 1.29 is 33.6 Å². The molecule has 0 radical (unpaired) electrons. The first kappa shape index (κ1) is 35.1. The van der Waals surface area contributed by atoms with Gasteiger partial charge < -0.3 is 29.8 Å². The zero-order chi connectivity index (χ0) is 31.5. The van der Waals surface area contributed by atoms with Gasteiger partial charge in [0.2, 0.25) is 0 Å². The van der Waals surface area contributed by atoms with Crippen molar-refractivity contribution in [1.29, 1.82) is 0 Å². The molecule has 8 nitrogen and oxygen atoms in total. The van der Waals surface area contributed by atoms with Crippen LogP contribution in [0.15, 0.2) is 24.3 Å². The van der Waals surface area contributed by atoms with Gasteiger partial charge >= 0.3 is 11.9 Å². The molecule has 0 aliphatic carbocycles. The summed E-state index contributed by atoms with van der Waals surface area (Å²) in [5, 5.41) is 10.4. The zero-order valence-corrected chi connectivity index (χ0v) is 26.9. The van der Waals surface area contributed by atoms with Gasteiger partial charge in [0.1, 0.15) is 19.0 Å². The van der Waals surface area contributed by atoms with Crippen LogP contribution in [0.5, 0.6) is 5.75 Å². The number of nitrogens with two attached hydrogens (primary N) is 1. The number of phenolic OH excluding ortho intramolecular Hbond substituents is 1. The molecule has 42 heavy (non-hydrogen) atoms. The molecule has 0 bridgehead atoms. The molecule has 2 rings (SSSR count). The first-order valence-electron chi connectivity index (χ1n) is 14.8. The molecule has 234 valence electrons. The predicted octanol–water partition coefficient (Wildman–Crippen LogP) is 5.87. The summed E-state index contributed by atoms with van der Waals surface area (Å²) >= 11 is 0. The van der Waals surface area contributed by atoms with Crippen LogP contribution in [0.25, 0.3) is 0 Å². The molecule has 0 aliphatic rings. The summed E-state index contributed by atoms with van der Waals surface area (Å²) in [5.74, 6) is -0.245. The number of aromatic hydroxyl groups is 1. The number of hydrogen-bond acceptors (Lipinski definition) is 8. The van der Waals surface area contributed by atoms with Crippen LogP contribution in [0, 0.1) is 13.8 Å². The van der Waals surface area contributed by atoms with E-state index in [0.717, 1.165) is 39.1 Å². The third-order valence-electron chi connectivity index (χ3n) is 7.01. The van der Waals surface area contributed by atoms with Crippen LogP contribution in [0.1, 0.15) is 87.8 Å². The number of nitrogen functional groups attached to an aromatic ring is 1. The van der Waals surface area contributed by atoms with Gasteiger partial charge in [-0.25, -0.2) is 0 Å². The first-order chi connectivity index (χ1) is 19.6. The second-order valence-corrected chi connectivity index (χ2v) is 12.8. The molecule has 0 heterocycles. The SMILES string of the molecule is Cc1cc(CCC(=O)OCCOCCOCCOC(=O)CCc2cc(C)c(O)c(C(C)(C)C)c2)cc(C(C)(C)C)c1N. The van der Waals surface area contributed by atoms with E-state index in [0.29, 0.717) is 38.2 Å². The van der Waals surface area contributed by atoms with Gasteiger partial charge in [0.25, 0.3) is 0 Å². The van der Waals surface area contributed by atoms with Crippen LogP contribution < -0.4 is 5.73 Å². The van der Waals surface area contributed by atoms with Crippen LogP contribution in [-0.2, 0) is 52.2 Å². The number of hydrogen-bond donors (Lipinski definition) is 2. The Kier molecular flexibility index (Phi) is 13.3. The van der Waals surface area contributed by atoms with Gasteiger partial charge in [-0.1, -0.05) is 65.8 Å². The highest BCUT2D eigenvalue weighted by Gasteiger charge is 2.21. The maximum Gasteiger partial charge on any atom is 0.306 e. The summed E-state index contributed by atoms with van der Waals surface area (Å²) < 4.78 is 21.4. The normalized spacial score (nSPS) is 11.9. The van der Waals surface area contributed by atoms with Gasteiger partial charge in [-0.15, -0.1) is 0 Å². The molecule has 0 aromatic heterocycles. The fourth-order valence-corrected chi connectivity index (χ4v) is 4.60. The maximum atomic E-state index is 12.1. The molecule has 0 aliphatic heterocycles. The largest absolute Gasteiger partial charge is 0.507 e. The van der Waals surface area contributed by atoms with Gasteiger partial charge in [-0.05, 0) is 70.9 Å². The second kappa shape index (κ2) is 15.9. The smallest absolute Gasteiger partial charge is 0.306 e. The van der Waals surface area contributed by atoms with Crippen LogP contribution in [0.3, 0.4) is 0 Å². The minimum atomic E-state index is -0.291. The van der Waals surface area contributed by atoms with E-state index in [1.54, 1.807) is 0 Å². The lowest BCUT2D eigenvalue weighted by atomic mass is 9.83. The van der Waals surface area contributed by atoms with Crippen molar-refractivity contribution in [2.45, 2.75) is 91.9 Å². The van der Waals surface area contributed by atoms with Crippen LogP contribution in [0.2, 0.25) is 0 Å². The van der Waals surface area contributed by atoms with Crippen molar-refractivity contribution in [3.63, 3.8) is 0 Å². The number of anilines is 1. The molecule has 0 unspecified atom stereocenters. The Morgan fingerprint density at radius 2 is 1.07 bits per heavy atom. The number of benzene rings is 2. The van der Waals surface area contributed by atoms with E-state index in [9.17, 15) is 14.7 Å². The maximum absolute atomic E-state index is 12.1. The van der Waals surface area contributed by atoms with Crippen molar-refractivity contribution in [2.75, 3.05) is 45.4 Å². The molecule has 0 saturated heterocycles. The molecular weight excluding hydrogens is 534 g/mol. The van der Waals surface area contributed by atoms with E-state index in [2.05, 4.69) is 26.8 Å². The Morgan fingerprint density at radius 3 is 1.52 bits per heavy atom. The summed E-state index contributed by atoms with van der Waals surface area (Å²) in [4.78, 5) is 24.3. The Labute approximate surface area is 251 Å². The molecule has 0 saturated carbocycles. The van der Waals surface area contributed by atoms with E-state index in [1.165, 1.54) is 0 Å². The Balaban J connectivity index is 1.53. The monoisotopic (exact) mass is 585 g/mol. The van der Waals surface area contributed by atoms with E-state index >= 15 is 0 Å². The van der Waals surface area contributed by atoms with E-state index in [4.69, 9.17) is 24.7 Å². The number of aryl methyl sites for hydroxylation is 4. The van der Waals surface area contributed by atoms with Crippen molar-refractivity contribution in [3.05, 3.63) is 57.6 Å². The molecule has 0 amide bonds. The van der Waals surface area contributed by atoms with Gasteiger partial charge in [0, 0.05) is 18.5 Å². The zero-order valence-electron chi connectivity index (χ0n) is 26.9. The van der Waals surface area contributed by atoms with E-state index in [1.807, 2.05) is 52.8 Å². The molecule has 0 fully saturated rings. The standard InChI is InChI=1S/C34H51NO7/c1-23-19-25(21-27(31(23)35)33(3,4)5)9-11-29(36)41-17-15-39-13-14-40-16-18-42-30(37)12-10-26-20-24(2)32(38)28(22-26)34(6,7)8/h19-22,38H,9-18,35H2,1-8H3. The summed E-state index contributed by atoms with van der Waals surface area (Å²) in [6.07, 6.45) is 1.69. The number of ether oxygens (including phenoxy) is 4. The van der Waals surface area contributed by atoms with Gasteiger partial charge in [-0.2, -0.15) is 0 Å². The summed E-state index contributed by atoms with van der Waals surface area (Å²) in [6.45, 7) is 18.0. The predicted molar refractivity (Wildman–Crippen MR) is 166 cm³/mol. The average Bonchev–Trinajstić information content (AvgIpc) is 2.89. The lowest BCUT2D eigenvalue weighted by Gasteiger charge is -2.23. The average molecular weight is 586 g/mol. The second-order valence-electron chi connectivity index (χ2n) is 12.8. The fraction of sp³-hybridized carbons (Fsp3) is 0.588. The van der Waals surface area contributed by atoms with Gasteiger partial charge in [-0.3, -0.25) is 9.59 Å². The van der Waals surface area contributed by atoms with Crippen molar-refractivity contribution in [1.82, 2.24) is 0 Å². The molecule has 3 N–H and O–H groups in total. The number of carbonyl (C=O) groups is 2. The van der Waals surface area contributed by atoms with Gasteiger partial charge in [0.15, 0.2) is 0 Å². The third kappa shape index (κ3) is 11.6. The summed E-state index contributed by atoms with van der Waals surface area (Å²) in [7, 11) is 0. The number of rotatable bonds is 15. The van der Waals surface area contributed by atoms with Crippen LogP contribution >= 0.6 is 0 Å². The molecular formula is C34H51NO7. The van der Waals surface area contributed by atoms with Crippen molar-refractivity contribution in [3.8, 4) is 5.75 Å². The van der Waals surface area contributed by atoms with Crippen molar-refractivity contribution >= 4 is 17.6 Å².